The highest BCUT2D eigenvalue weighted by atomic mass is 19.3. The maximum absolute atomic E-state index is 12.7. The Balaban J connectivity index is 2.79. The largest absolute Gasteiger partial charge is 0.332 e. The Morgan fingerprint density at radius 2 is 2.00 bits per heavy atom. The fourth-order valence-corrected chi connectivity index (χ4v) is 1.72. The Morgan fingerprint density at radius 1 is 1.46 bits per heavy atom. The standard InChI is InChI=1S/C9H15F2NO/c1-8(2)5-4-6-12(8)7(13)9(3,10)11/h4-6H2,1-3H3. The van der Waals surface area contributed by atoms with E-state index < -0.39 is 17.4 Å². The minimum atomic E-state index is -3.23. The van der Waals surface area contributed by atoms with Crippen LogP contribution in [0.5, 0.6) is 0 Å². The summed E-state index contributed by atoms with van der Waals surface area (Å²) in [6, 6.07) is 0. The molecule has 1 aliphatic heterocycles. The van der Waals surface area contributed by atoms with E-state index >= 15 is 0 Å². The third-order valence-corrected chi connectivity index (χ3v) is 2.52. The van der Waals surface area contributed by atoms with E-state index in [1.54, 1.807) is 0 Å². The van der Waals surface area contributed by atoms with Crippen LogP contribution in [0, 0.1) is 0 Å². The number of hydrogen-bond acceptors (Lipinski definition) is 1. The van der Waals surface area contributed by atoms with Crippen LogP contribution in [0.4, 0.5) is 8.78 Å². The first-order valence-corrected chi connectivity index (χ1v) is 4.45. The monoisotopic (exact) mass is 191 g/mol. The van der Waals surface area contributed by atoms with Crippen molar-refractivity contribution >= 4 is 5.91 Å². The summed E-state index contributed by atoms with van der Waals surface area (Å²) in [5.74, 6) is -4.28. The van der Waals surface area contributed by atoms with Gasteiger partial charge in [-0.1, -0.05) is 0 Å². The van der Waals surface area contributed by atoms with E-state index in [4.69, 9.17) is 0 Å². The molecule has 1 saturated heterocycles. The van der Waals surface area contributed by atoms with Gasteiger partial charge in [-0.05, 0) is 26.7 Å². The molecule has 1 fully saturated rings. The van der Waals surface area contributed by atoms with E-state index in [9.17, 15) is 13.6 Å². The highest BCUT2D eigenvalue weighted by Crippen LogP contribution is 2.31. The number of rotatable bonds is 1. The van der Waals surface area contributed by atoms with Gasteiger partial charge in [0.2, 0.25) is 0 Å². The number of likely N-dealkylation sites (tertiary alicyclic amines) is 1. The van der Waals surface area contributed by atoms with Crippen molar-refractivity contribution in [1.29, 1.82) is 0 Å². The lowest BCUT2D eigenvalue weighted by Crippen LogP contribution is -2.49. The van der Waals surface area contributed by atoms with Crippen LogP contribution in [0.3, 0.4) is 0 Å². The number of carbonyl (C=O) groups excluding carboxylic acids is 1. The fourth-order valence-electron chi connectivity index (χ4n) is 1.72. The van der Waals surface area contributed by atoms with Crippen molar-refractivity contribution in [2.45, 2.75) is 45.1 Å². The van der Waals surface area contributed by atoms with Gasteiger partial charge in [0.1, 0.15) is 0 Å². The molecule has 0 saturated carbocycles. The number of halogens is 2. The Hall–Kier alpha value is -0.670. The van der Waals surface area contributed by atoms with Crippen molar-refractivity contribution < 1.29 is 13.6 Å². The molecule has 0 spiro atoms. The van der Waals surface area contributed by atoms with Crippen molar-refractivity contribution in [2.24, 2.45) is 0 Å². The molecule has 1 rings (SSSR count). The van der Waals surface area contributed by atoms with Crippen LogP contribution in [0.15, 0.2) is 0 Å². The van der Waals surface area contributed by atoms with Gasteiger partial charge in [-0.3, -0.25) is 4.79 Å². The van der Waals surface area contributed by atoms with Gasteiger partial charge < -0.3 is 4.90 Å². The number of carbonyl (C=O) groups is 1. The van der Waals surface area contributed by atoms with Crippen molar-refractivity contribution in [3.8, 4) is 0 Å². The molecule has 0 aromatic rings. The molecule has 13 heavy (non-hydrogen) atoms. The molecule has 76 valence electrons. The summed E-state index contributed by atoms with van der Waals surface area (Å²) in [6.07, 6.45) is 1.61. The van der Waals surface area contributed by atoms with Gasteiger partial charge in [-0.25, -0.2) is 0 Å². The maximum atomic E-state index is 12.7. The number of amides is 1. The molecule has 0 aromatic carbocycles. The summed E-state index contributed by atoms with van der Waals surface area (Å²) in [5, 5.41) is 0. The van der Waals surface area contributed by atoms with Gasteiger partial charge in [-0.15, -0.1) is 0 Å². The Labute approximate surface area is 76.9 Å². The van der Waals surface area contributed by atoms with Gasteiger partial charge >= 0.3 is 5.92 Å². The summed E-state index contributed by atoms with van der Waals surface area (Å²) in [4.78, 5) is 12.5. The van der Waals surface area contributed by atoms with Crippen LogP contribution < -0.4 is 0 Å². The van der Waals surface area contributed by atoms with E-state index in [2.05, 4.69) is 0 Å². The van der Waals surface area contributed by atoms with Crippen LogP contribution in [0.2, 0.25) is 0 Å². The number of alkyl halides is 2. The molecule has 1 aliphatic rings. The second-order valence-corrected chi connectivity index (χ2v) is 4.26. The van der Waals surface area contributed by atoms with Crippen LogP contribution >= 0.6 is 0 Å². The molecule has 0 unspecified atom stereocenters. The Kier molecular flexibility index (Phi) is 2.34. The van der Waals surface area contributed by atoms with E-state index in [0.29, 0.717) is 13.5 Å². The second-order valence-electron chi connectivity index (χ2n) is 4.26. The summed E-state index contributed by atoms with van der Waals surface area (Å²) < 4.78 is 25.4. The normalized spacial score (nSPS) is 22.1. The van der Waals surface area contributed by atoms with Gasteiger partial charge in [0.25, 0.3) is 5.91 Å². The molecule has 4 heteroatoms. The lowest BCUT2D eigenvalue weighted by Gasteiger charge is -2.33. The zero-order valence-electron chi connectivity index (χ0n) is 8.23. The number of hydrogen-bond donors (Lipinski definition) is 0. The average molecular weight is 191 g/mol. The average Bonchev–Trinajstić information content (AvgIpc) is 2.26. The van der Waals surface area contributed by atoms with Gasteiger partial charge in [0.15, 0.2) is 0 Å². The zero-order valence-corrected chi connectivity index (χ0v) is 8.23. The fraction of sp³-hybridized carbons (Fsp3) is 0.889. The van der Waals surface area contributed by atoms with Gasteiger partial charge in [-0.2, -0.15) is 8.78 Å². The summed E-state index contributed by atoms with van der Waals surface area (Å²) in [6.45, 7) is 4.76. The van der Waals surface area contributed by atoms with E-state index in [1.165, 1.54) is 4.90 Å². The molecular formula is C9H15F2NO. The number of nitrogens with zero attached hydrogens (tertiary/aromatic N) is 1. The molecule has 0 aliphatic carbocycles. The quantitative estimate of drug-likeness (QED) is 0.621. The van der Waals surface area contributed by atoms with Gasteiger partial charge in [0, 0.05) is 19.0 Å². The summed E-state index contributed by atoms with van der Waals surface area (Å²) in [7, 11) is 0. The second kappa shape index (κ2) is 2.93. The molecule has 0 N–H and O–H groups in total. The summed E-state index contributed by atoms with van der Waals surface area (Å²) in [5.41, 5.74) is -0.406. The van der Waals surface area contributed by atoms with E-state index in [-0.39, 0.29) is 0 Å². The molecule has 1 heterocycles. The molecule has 0 aromatic heterocycles. The third kappa shape index (κ3) is 1.98. The first kappa shape index (κ1) is 10.4. The third-order valence-electron chi connectivity index (χ3n) is 2.52. The van der Waals surface area contributed by atoms with Crippen LogP contribution in [0.1, 0.15) is 33.6 Å². The molecule has 0 bridgehead atoms. The molecular weight excluding hydrogens is 176 g/mol. The summed E-state index contributed by atoms with van der Waals surface area (Å²) >= 11 is 0. The van der Waals surface area contributed by atoms with Crippen LogP contribution in [-0.4, -0.2) is 28.8 Å². The topological polar surface area (TPSA) is 20.3 Å². The SMILES string of the molecule is CC(F)(F)C(=O)N1CCCC1(C)C. The lowest BCUT2D eigenvalue weighted by atomic mass is 10.0. The molecule has 1 amide bonds. The van der Waals surface area contributed by atoms with E-state index in [1.807, 2.05) is 13.8 Å². The predicted octanol–water partition coefficient (Wildman–Crippen LogP) is 2.04. The van der Waals surface area contributed by atoms with Gasteiger partial charge in [0.05, 0.1) is 0 Å². The Morgan fingerprint density at radius 3 is 2.31 bits per heavy atom. The van der Waals surface area contributed by atoms with E-state index in [0.717, 1.165) is 12.8 Å². The van der Waals surface area contributed by atoms with Crippen molar-refractivity contribution in [1.82, 2.24) is 4.90 Å². The predicted molar refractivity (Wildman–Crippen MR) is 45.6 cm³/mol. The zero-order chi connectivity index (χ0) is 10.3. The van der Waals surface area contributed by atoms with Crippen molar-refractivity contribution in [2.75, 3.05) is 6.54 Å². The highest BCUT2D eigenvalue weighted by molar-refractivity contribution is 5.83. The lowest BCUT2D eigenvalue weighted by molar-refractivity contribution is -0.158. The molecule has 0 atom stereocenters. The molecule has 2 nitrogen and oxygen atoms in total. The van der Waals surface area contributed by atoms with Crippen LogP contribution in [-0.2, 0) is 4.79 Å². The van der Waals surface area contributed by atoms with Crippen LogP contribution in [0.25, 0.3) is 0 Å². The van der Waals surface area contributed by atoms with Crippen molar-refractivity contribution in [3.63, 3.8) is 0 Å². The highest BCUT2D eigenvalue weighted by Gasteiger charge is 2.44. The minimum Gasteiger partial charge on any atom is -0.332 e. The smallest absolute Gasteiger partial charge is 0.322 e. The first-order chi connectivity index (χ1) is 5.75. The minimum absolute atomic E-state index is 0.406. The van der Waals surface area contributed by atoms with Crippen molar-refractivity contribution in [3.05, 3.63) is 0 Å². The molecule has 0 radical (unpaired) electrons. The Bertz CT molecular complexity index is 220. The first-order valence-electron chi connectivity index (χ1n) is 4.45. The maximum Gasteiger partial charge on any atom is 0.322 e.